The quantitative estimate of drug-likeness (QED) is 0.320. The lowest BCUT2D eigenvalue weighted by Crippen LogP contribution is -2.52. The SMILES string of the molecule is C=c1cc(N2CCN(CC(F)(F)F)CC2)n(C)c(=O)/c1=C/C(C)=C\C.C\C=C/C=C(SC(F)F)\C(=C/C)NCC. The number of piperazine rings is 1. The van der Waals surface area contributed by atoms with Crippen molar-refractivity contribution in [3.05, 3.63) is 73.4 Å². The van der Waals surface area contributed by atoms with Gasteiger partial charge in [0.2, 0.25) is 0 Å². The van der Waals surface area contributed by atoms with Gasteiger partial charge in [-0.2, -0.15) is 22.0 Å². The number of hydrogen-bond acceptors (Lipinski definition) is 5. The van der Waals surface area contributed by atoms with E-state index in [1.807, 2.05) is 57.7 Å². The number of nitrogens with zero attached hydrogens (tertiary/aromatic N) is 3. The van der Waals surface area contributed by atoms with Gasteiger partial charge in [0.25, 0.3) is 11.3 Å². The molecule has 0 amide bonds. The number of alkyl halides is 5. The lowest BCUT2D eigenvalue weighted by atomic mass is 10.2. The summed E-state index contributed by atoms with van der Waals surface area (Å²) in [6.07, 6.45) is 6.58. The molecule has 0 aromatic carbocycles. The highest BCUT2D eigenvalue weighted by molar-refractivity contribution is 8.03. The molecule has 2 rings (SSSR count). The van der Waals surface area contributed by atoms with Gasteiger partial charge < -0.3 is 10.2 Å². The van der Waals surface area contributed by atoms with Crippen LogP contribution in [0.5, 0.6) is 0 Å². The average Bonchev–Trinajstić information content (AvgIpc) is 2.89. The van der Waals surface area contributed by atoms with Gasteiger partial charge >= 0.3 is 6.18 Å². The van der Waals surface area contributed by atoms with Gasteiger partial charge in [0.05, 0.1) is 6.54 Å². The van der Waals surface area contributed by atoms with Crippen molar-refractivity contribution in [3.8, 4) is 0 Å². The van der Waals surface area contributed by atoms with Gasteiger partial charge in [-0.3, -0.25) is 14.3 Å². The maximum absolute atomic E-state index is 12.6. The van der Waals surface area contributed by atoms with Crippen LogP contribution in [-0.2, 0) is 7.05 Å². The van der Waals surface area contributed by atoms with E-state index in [9.17, 15) is 26.7 Å². The maximum atomic E-state index is 12.6. The molecule has 0 unspecified atom stereocenters. The number of halogens is 5. The lowest BCUT2D eigenvalue weighted by molar-refractivity contribution is -0.146. The molecular formula is C29H41F5N4OS. The molecule has 1 aliphatic heterocycles. The minimum Gasteiger partial charge on any atom is -0.385 e. The number of hydrogen-bond donors (Lipinski definition) is 1. The fourth-order valence-electron chi connectivity index (χ4n) is 3.90. The van der Waals surface area contributed by atoms with Crippen molar-refractivity contribution in [3.63, 3.8) is 0 Å². The maximum Gasteiger partial charge on any atom is 0.401 e. The minimum atomic E-state index is -4.18. The zero-order chi connectivity index (χ0) is 30.5. The third-order valence-electron chi connectivity index (χ3n) is 6.03. The van der Waals surface area contributed by atoms with Crippen LogP contribution in [-0.4, -0.2) is 60.7 Å². The van der Waals surface area contributed by atoms with Gasteiger partial charge in [-0.05, 0) is 58.1 Å². The van der Waals surface area contributed by atoms with E-state index >= 15 is 0 Å². The average molecular weight is 589 g/mol. The summed E-state index contributed by atoms with van der Waals surface area (Å²) < 4.78 is 63.6. The highest BCUT2D eigenvalue weighted by Crippen LogP contribution is 2.28. The van der Waals surface area contributed by atoms with Gasteiger partial charge in [-0.1, -0.05) is 48.2 Å². The summed E-state index contributed by atoms with van der Waals surface area (Å²) in [4.78, 5) is 16.5. The van der Waals surface area contributed by atoms with E-state index in [0.717, 1.165) is 17.8 Å². The second-order valence-electron chi connectivity index (χ2n) is 9.03. The number of nitrogens with one attached hydrogen (secondary N) is 1. The van der Waals surface area contributed by atoms with Crippen molar-refractivity contribution in [2.75, 3.05) is 44.2 Å². The Morgan fingerprint density at radius 1 is 1.15 bits per heavy atom. The van der Waals surface area contributed by atoms with Crippen molar-refractivity contribution < 1.29 is 22.0 Å². The van der Waals surface area contributed by atoms with Crippen molar-refractivity contribution in [2.24, 2.45) is 7.05 Å². The molecule has 224 valence electrons. The van der Waals surface area contributed by atoms with E-state index < -0.39 is 18.5 Å². The minimum absolute atomic E-state index is 0.151. The third kappa shape index (κ3) is 11.8. The highest BCUT2D eigenvalue weighted by Gasteiger charge is 2.32. The first-order chi connectivity index (χ1) is 18.8. The molecule has 0 radical (unpaired) electrons. The Kier molecular flexibility index (Phi) is 15.1. The lowest BCUT2D eigenvalue weighted by Gasteiger charge is -2.36. The van der Waals surface area contributed by atoms with Crippen LogP contribution in [0.4, 0.5) is 27.8 Å². The topological polar surface area (TPSA) is 40.5 Å². The van der Waals surface area contributed by atoms with E-state index in [0.29, 0.717) is 59.1 Å². The molecule has 0 atom stereocenters. The number of pyridine rings is 1. The predicted octanol–water partition coefficient (Wildman–Crippen LogP) is 5.14. The molecule has 1 saturated heterocycles. The number of likely N-dealkylation sites (N-methyl/N-ethyl adjacent to an activating group) is 1. The normalized spacial score (nSPS) is 16.6. The molecule has 1 N–H and O–H groups in total. The molecule has 11 heteroatoms. The molecule has 1 aliphatic rings. The van der Waals surface area contributed by atoms with Crippen LogP contribution in [0.2, 0.25) is 0 Å². The Bertz CT molecular complexity index is 1240. The predicted molar refractivity (Wildman–Crippen MR) is 159 cm³/mol. The molecule has 2 heterocycles. The summed E-state index contributed by atoms with van der Waals surface area (Å²) in [5, 5.41) is 4.21. The molecule has 0 spiro atoms. The van der Waals surface area contributed by atoms with E-state index in [-0.39, 0.29) is 5.56 Å². The highest BCUT2D eigenvalue weighted by atomic mass is 32.2. The largest absolute Gasteiger partial charge is 0.401 e. The Balaban J connectivity index is 0.000000459. The molecule has 1 fully saturated rings. The first-order valence-electron chi connectivity index (χ1n) is 13.0. The van der Waals surface area contributed by atoms with Crippen molar-refractivity contribution >= 4 is 30.2 Å². The fraction of sp³-hybridized carbons (Fsp3) is 0.483. The molecule has 5 nitrogen and oxygen atoms in total. The van der Waals surface area contributed by atoms with Crippen LogP contribution in [0.1, 0.15) is 34.6 Å². The zero-order valence-corrected chi connectivity index (χ0v) is 24.9. The van der Waals surface area contributed by atoms with Crippen LogP contribution in [0.3, 0.4) is 0 Å². The third-order valence-corrected chi connectivity index (χ3v) is 6.82. The first-order valence-corrected chi connectivity index (χ1v) is 13.9. The molecular weight excluding hydrogens is 547 g/mol. The Morgan fingerprint density at radius 3 is 2.25 bits per heavy atom. The molecule has 0 aliphatic carbocycles. The van der Waals surface area contributed by atoms with Crippen LogP contribution < -0.4 is 26.2 Å². The second kappa shape index (κ2) is 17.1. The van der Waals surface area contributed by atoms with Gasteiger partial charge in [0.15, 0.2) is 0 Å². The van der Waals surface area contributed by atoms with Crippen LogP contribution in [0.15, 0.2) is 57.4 Å². The van der Waals surface area contributed by atoms with E-state index in [1.54, 1.807) is 35.9 Å². The van der Waals surface area contributed by atoms with E-state index in [1.165, 1.54) is 4.90 Å². The van der Waals surface area contributed by atoms with Gasteiger partial charge in [0, 0.05) is 55.6 Å². The molecule has 0 saturated carbocycles. The Labute approximate surface area is 238 Å². The number of rotatable bonds is 9. The summed E-state index contributed by atoms with van der Waals surface area (Å²) in [5.41, 5.74) is 1.57. The Hall–Kier alpha value is -2.79. The fourth-order valence-corrected chi connectivity index (χ4v) is 4.57. The Morgan fingerprint density at radius 2 is 1.77 bits per heavy atom. The van der Waals surface area contributed by atoms with Gasteiger partial charge in [-0.25, -0.2) is 0 Å². The molecule has 1 aromatic heterocycles. The molecule has 1 aromatic rings. The summed E-state index contributed by atoms with van der Waals surface area (Å²) in [5.74, 6) is -1.70. The van der Waals surface area contributed by atoms with Crippen molar-refractivity contribution in [1.82, 2.24) is 14.8 Å². The number of aromatic nitrogens is 1. The van der Waals surface area contributed by atoms with Crippen LogP contribution in [0, 0.1) is 0 Å². The summed E-state index contributed by atoms with van der Waals surface area (Å²) in [6.45, 7) is 14.7. The first kappa shape index (κ1) is 35.2. The number of thioether (sulfide) groups is 1. The summed E-state index contributed by atoms with van der Waals surface area (Å²) >= 11 is 0.558. The van der Waals surface area contributed by atoms with Crippen molar-refractivity contribution in [1.29, 1.82) is 0 Å². The second-order valence-corrected chi connectivity index (χ2v) is 10.1. The number of anilines is 1. The monoisotopic (exact) mass is 588 g/mol. The standard InChI is InChI=1S/C18H24F3N3O.C11H17F2NS/c1-5-13(2)10-15-14(3)11-16(22(4)17(15)25)24-8-6-23(7-9-24)12-18(19,20)21;1-4-7-8-10(15-11(12)13)9(5-2)14-6-3/h5,10-11H,3,6-9,12H2,1-2,4H3;4-5,7-8,11,14H,6H2,1-3H3/b13-5-,15-10+;7-4-,9-5+,10-8+. The summed E-state index contributed by atoms with van der Waals surface area (Å²) in [6, 6.07) is 1.83. The molecule has 0 bridgehead atoms. The van der Waals surface area contributed by atoms with E-state index in [2.05, 4.69) is 11.9 Å². The zero-order valence-electron chi connectivity index (χ0n) is 24.1. The van der Waals surface area contributed by atoms with E-state index in [4.69, 9.17) is 0 Å². The van der Waals surface area contributed by atoms with Crippen LogP contribution in [0.25, 0.3) is 12.7 Å². The summed E-state index contributed by atoms with van der Waals surface area (Å²) in [7, 11) is 1.68. The van der Waals surface area contributed by atoms with Gasteiger partial charge in [0.1, 0.15) is 5.82 Å². The van der Waals surface area contributed by atoms with Crippen LogP contribution >= 0.6 is 11.8 Å². The molecule has 40 heavy (non-hydrogen) atoms. The smallest absolute Gasteiger partial charge is 0.385 e. The number of allylic oxidation sites excluding steroid dienone is 6. The van der Waals surface area contributed by atoms with Gasteiger partial charge in [-0.15, -0.1) is 0 Å². The van der Waals surface area contributed by atoms with Crippen molar-refractivity contribution in [2.45, 2.75) is 46.6 Å².